The zero-order valence-electron chi connectivity index (χ0n) is 18.2. The molecule has 1 aliphatic rings. The summed E-state index contributed by atoms with van der Waals surface area (Å²) in [7, 11) is -3.79. The monoisotopic (exact) mass is 447 g/mol. The Morgan fingerprint density at radius 3 is 1.90 bits per heavy atom. The van der Waals surface area contributed by atoms with E-state index in [2.05, 4.69) is 6.07 Å². The molecular weight excluding hydrogens is 418 g/mol. The summed E-state index contributed by atoms with van der Waals surface area (Å²) in [5.74, 6) is -1.55. The minimum atomic E-state index is -3.79. The van der Waals surface area contributed by atoms with E-state index < -0.39 is 26.7 Å². The lowest BCUT2D eigenvalue weighted by Crippen LogP contribution is -2.49. The topological polar surface area (TPSA) is 112 Å². The second kappa shape index (κ2) is 11.6. The molecule has 2 rings (SSSR count). The third kappa shape index (κ3) is 8.15. The Hall–Kier alpha value is -2.70. The summed E-state index contributed by atoms with van der Waals surface area (Å²) in [5, 5.41) is 8.92. The molecule has 0 aromatic heterocycles. The molecule has 0 heterocycles. The van der Waals surface area contributed by atoms with Crippen molar-refractivity contribution in [2.24, 2.45) is 0 Å². The minimum Gasteiger partial charge on any atom is -0.455 e. The van der Waals surface area contributed by atoms with E-state index >= 15 is 0 Å². The predicted molar refractivity (Wildman–Crippen MR) is 113 cm³/mol. The van der Waals surface area contributed by atoms with Crippen LogP contribution in [0.25, 0.3) is 0 Å². The molecule has 1 fully saturated rings. The van der Waals surface area contributed by atoms with E-state index in [-0.39, 0.29) is 12.1 Å². The largest absolute Gasteiger partial charge is 0.705 e. The first kappa shape index (κ1) is 24.6. The molecule has 31 heavy (non-hydrogen) atoms. The Kier molecular flexibility index (Phi) is 9.21. The maximum atomic E-state index is 11.5. The molecule has 1 aromatic rings. The molecule has 1 aliphatic carbocycles. The van der Waals surface area contributed by atoms with Gasteiger partial charge in [0.05, 0.1) is 23.8 Å². The highest BCUT2D eigenvalue weighted by Gasteiger charge is 2.51. The first-order valence-corrected chi connectivity index (χ1v) is 12.4. The zero-order chi connectivity index (χ0) is 22.9. The number of rotatable bonds is 9. The lowest BCUT2D eigenvalue weighted by molar-refractivity contribution is -0.147. The van der Waals surface area contributed by atoms with Crippen molar-refractivity contribution < 1.29 is 32.4 Å². The summed E-state index contributed by atoms with van der Waals surface area (Å²) in [6.45, 7) is 3.91. The molecule has 0 radical (unpaired) electrons. The second-order valence-corrected chi connectivity index (χ2v) is 10.1. The first-order chi connectivity index (χ1) is 14.7. The summed E-state index contributed by atoms with van der Waals surface area (Å²) in [4.78, 5) is 34.4. The van der Waals surface area contributed by atoms with Crippen molar-refractivity contribution in [1.82, 2.24) is 0 Å². The fraction of sp³-hybridized carbons (Fsp3) is 0.545. The highest BCUT2D eigenvalue weighted by atomic mass is 28.4. The Morgan fingerprint density at radius 1 is 0.935 bits per heavy atom. The van der Waals surface area contributed by atoms with Gasteiger partial charge >= 0.3 is 8.80 Å². The molecule has 0 aliphatic heterocycles. The van der Waals surface area contributed by atoms with Crippen LogP contribution in [0.3, 0.4) is 0 Å². The fourth-order valence-corrected chi connectivity index (χ4v) is 6.13. The smallest absolute Gasteiger partial charge is 0.455 e. The molecule has 0 atom stereocenters. The van der Waals surface area contributed by atoms with E-state index in [0.717, 1.165) is 25.7 Å². The molecule has 9 heteroatoms. The molecule has 0 bridgehead atoms. The van der Waals surface area contributed by atoms with Crippen LogP contribution in [0.4, 0.5) is 0 Å². The highest BCUT2D eigenvalue weighted by Crippen LogP contribution is 2.34. The van der Waals surface area contributed by atoms with Crippen LogP contribution in [-0.4, -0.2) is 39.4 Å². The van der Waals surface area contributed by atoms with Gasteiger partial charge in [-0.1, -0.05) is 12.1 Å². The van der Waals surface area contributed by atoms with Crippen molar-refractivity contribution in [2.75, 3.05) is 6.61 Å². The number of hydrogen-bond donors (Lipinski definition) is 0. The van der Waals surface area contributed by atoms with Gasteiger partial charge in [-0.25, -0.2) is 0 Å². The van der Waals surface area contributed by atoms with Crippen LogP contribution < -0.4 is 0 Å². The van der Waals surface area contributed by atoms with Crippen molar-refractivity contribution in [3.05, 3.63) is 35.4 Å². The number of carbonyl (C=O) groups excluding carboxylic acids is 3. The van der Waals surface area contributed by atoms with E-state index in [1.54, 1.807) is 0 Å². The quantitative estimate of drug-likeness (QED) is 0.417. The summed E-state index contributed by atoms with van der Waals surface area (Å²) in [6, 6.07) is 10.00. The molecule has 1 aromatic carbocycles. The number of nitrogens with zero attached hydrogens (tertiary/aromatic N) is 1. The van der Waals surface area contributed by atoms with Gasteiger partial charge in [-0.15, -0.1) is 0 Å². The van der Waals surface area contributed by atoms with Crippen LogP contribution in [0.2, 0.25) is 6.04 Å². The Bertz CT molecular complexity index is 769. The standard InChI is InChI=1S/C22H29NO7Si/c1-16(24)28-31(29-17(2)25,30-18(3)26)14-4-13-27-22-11-9-21(10-12-22)20-7-5-19(15-23)6-8-20/h5-8,21-22H,4,9-14H2,1-3H3. The SMILES string of the molecule is CC(=O)O[Si](CCCOC1CCC(c2ccc(C#N)cc2)CC1)(OC(C)=O)OC(C)=O. The molecule has 0 spiro atoms. The predicted octanol–water partition coefficient (Wildman–Crippen LogP) is 3.62. The minimum absolute atomic E-state index is 0.117. The number of ether oxygens (including phenoxy) is 1. The third-order valence-corrected chi connectivity index (χ3v) is 7.83. The van der Waals surface area contributed by atoms with Crippen molar-refractivity contribution >= 4 is 26.7 Å². The van der Waals surface area contributed by atoms with Crippen LogP contribution >= 0.6 is 0 Å². The molecule has 168 valence electrons. The normalized spacial score (nSPS) is 18.5. The average molecular weight is 448 g/mol. The number of benzene rings is 1. The van der Waals surface area contributed by atoms with Gasteiger partial charge in [-0.2, -0.15) is 5.26 Å². The maximum Gasteiger partial charge on any atom is 0.705 e. The van der Waals surface area contributed by atoms with E-state index in [1.807, 2.05) is 24.3 Å². The average Bonchev–Trinajstić information content (AvgIpc) is 2.70. The van der Waals surface area contributed by atoms with Crippen LogP contribution in [0, 0.1) is 11.3 Å². The molecular formula is C22H29NO7Si. The number of nitriles is 1. The Balaban J connectivity index is 1.82. The van der Waals surface area contributed by atoms with Crippen LogP contribution in [0.1, 0.15) is 69.9 Å². The van der Waals surface area contributed by atoms with E-state index in [9.17, 15) is 14.4 Å². The van der Waals surface area contributed by atoms with Crippen LogP contribution in [0.15, 0.2) is 24.3 Å². The van der Waals surface area contributed by atoms with Gasteiger partial charge in [0.1, 0.15) is 0 Å². The summed E-state index contributed by atoms with van der Waals surface area (Å²) >= 11 is 0. The summed E-state index contributed by atoms with van der Waals surface area (Å²) in [5.41, 5.74) is 1.91. The van der Waals surface area contributed by atoms with Gasteiger partial charge in [0.15, 0.2) is 0 Å². The van der Waals surface area contributed by atoms with E-state index in [0.29, 0.717) is 24.5 Å². The van der Waals surface area contributed by atoms with E-state index in [1.165, 1.54) is 26.3 Å². The molecule has 0 amide bonds. The summed E-state index contributed by atoms with van der Waals surface area (Å²) in [6.07, 6.45) is 4.40. The van der Waals surface area contributed by atoms with Crippen molar-refractivity contribution in [3.8, 4) is 6.07 Å². The van der Waals surface area contributed by atoms with Gasteiger partial charge in [-0.3, -0.25) is 14.4 Å². The van der Waals surface area contributed by atoms with Crippen molar-refractivity contribution in [3.63, 3.8) is 0 Å². The summed E-state index contributed by atoms with van der Waals surface area (Å²) < 4.78 is 21.5. The van der Waals surface area contributed by atoms with Gasteiger partial charge in [0, 0.05) is 27.4 Å². The molecule has 8 nitrogen and oxygen atoms in total. The number of carbonyl (C=O) groups is 3. The second-order valence-electron chi connectivity index (χ2n) is 7.65. The lowest BCUT2D eigenvalue weighted by atomic mass is 9.82. The van der Waals surface area contributed by atoms with Gasteiger partial charge in [0.2, 0.25) is 0 Å². The van der Waals surface area contributed by atoms with Crippen molar-refractivity contribution in [2.45, 2.75) is 70.9 Å². The molecule has 1 saturated carbocycles. The van der Waals surface area contributed by atoms with Crippen LogP contribution in [-0.2, 0) is 32.4 Å². The Labute approximate surface area is 183 Å². The van der Waals surface area contributed by atoms with Gasteiger partial charge < -0.3 is 18.0 Å². The third-order valence-electron chi connectivity index (χ3n) is 5.06. The zero-order valence-corrected chi connectivity index (χ0v) is 19.2. The van der Waals surface area contributed by atoms with Gasteiger partial charge in [-0.05, 0) is 55.7 Å². The molecule has 0 N–H and O–H groups in total. The van der Waals surface area contributed by atoms with Crippen LogP contribution in [0.5, 0.6) is 0 Å². The highest BCUT2D eigenvalue weighted by molar-refractivity contribution is 6.65. The van der Waals surface area contributed by atoms with Crippen molar-refractivity contribution in [1.29, 1.82) is 5.26 Å². The maximum absolute atomic E-state index is 11.5. The van der Waals surface area contributed by atoms with E-state index in [4.69, 9.17) is 23.3 Å². The molecule has 0 saturated heterocycles. The number of hydrogen-bond acceptors (Lipinski definition) is 8. The Morgan fingerprint density at radius 2 is 1.45 bits per heavy atom. The molecule has 0 unspecified atom stereocenters. The lowest BCUT2D eigenvalue weighted by Gasteiger charge is -2.29. The van der Waals surface area contributed by atoms with Gasteiger partial charge in [0.25, 0.3) is 17.9 Å². The fourth-order valence-electron chi connectivity index (χ4n) is 3.80. The first-order valence-electron chi connectivity index (χ1n) is 10.4.